The van der Waals surface area contributed by atoms with E-state index in [-0.39, 0.29) is 11.4 Å². The molecule has 0 atom stereocenters. The molecule has 0 aliphatic heterocycles. The number of rotatable bonds is 4. The third kappa shape index (κ3) is 5.10. The van der Waals surface area contributed by atoms with Gasteiger partial charge in [-0.05, 0) is 39.0 Å². The minimum atomic E-state index is -0.345. The van der Waals surface area contributed by atoms with Crippen LogP contribution < -0.4 is 10.1 Å². The summed E-state index contributed by atoms with van der Waals surface area (Å²) in [5.74, 6) is 0.770. The van der Waals surface area contributed by atoms with E-state index in [1.807, 2.05) is 0 Å². The van der Waals surface area contributed by atoms with Gasteiger partial charge in [0.1, 0.15) is 17.3 Å². The van der Waals surface area contributed by atoms with Crippen molar-refractivity contribution in [3.63, 3.8) is 0 Å². The van der Waals surface area contributed by atoms with E-state index in [0.717, 1.165) is 5.56 Å². The molecule has 0 radical (unpaired) electrons. The van der Waals surface area contributed by atoms with E-state index in [4.69, 9.17) is 4.74 Å². The van der Waals surface area contributed by atoms with Crippen LogP contribution >= 0.6 is 15.9 Å². The van der Waals surface area contributed by atoms with E-state index in [0.29, 0.717) is 22.5 Å². The van der Waals surface area contributed by atoms with Crippen LogP contribution in [0.5, 0.6) is 11.5 Å². The van der Waals surface area contributed by atoms with Crippen molar-refractivity contribution in [2.75, 3.05) is 0 Å². The van der Waals surface area contributed by atoms with Gasteiger partial charge in [0.15, 0.2) is 0 Å². The molecule has 0 aliphatic rings. The maximum absolute atomic E-state index is 13.4. The number of nitrogens with one attached hydrogen (secondary N) is 1. The molecule has 1 heterocycles. The SMILES string of the molecule is CC(C)(C)NCc1cnccc1Oc1cc(F)cc(Br)c1. The first-order valence-corrected chi connectivity index (χ1v) is 7.45. The summed E-state index contributed by atoms with van der Waals surface area (Å²) < 4.78 is 19.8. The first kappa shape index (κ1) is 15.9. The molecule has 0 amide bonds. The highest BCUT2D eigenvalue weighted by Crippen LogP contribution is 2.28. The van der Waals surface area contributed by atoms with Crippen molar-refractivity contribution in [2.45, 2.75) is 32.9 Å². The molecule has 1 N–H and O–H groups in total. The topological polar surface area (TPSA) is 34.2 Å². The Morgan fingerprint density at radius 1 is 1.29 bits per heavy atom. The van der Waals surface area contributed by atoms with E-state index in [1.54, 1.807) is 24.5 Å². The summed E-state index contributed by atoms with van der Waals surface area (Å²) in [6.45, 7) is 6.90. The molecule has 0 saturated carbocycles. The smallest absolute Gasteiger partial charge is 0.134 e. The molecule has 21 heavy (non-hydrogen) atoms. The maximum Gasteiger partial charge on any atom is 0.134 e. The summed E-state index contributed by atoms with van der Waals surface area (Å²) in [6, 6.07) is 6.25. The van der Waals surface area contributed by atoms with Gasteiger partial charge in [0, 0.05) is 40.6 Å². The van der Waals surface area contributed by atoms with Crippen molar-refractivity contribution in [1.82, 2.24) is 10.3 Å². The number of ether oxygens (including phenoxy) is 1. The number of halogens is 2. The summed E-state index contributed by atoms with van der Waals surface area (Å²) >= 11 is 3.26. The van der Waals surface area contributed by atoms with Gasteiger partial charge in [-0.3, -0.25) is 4.98 Å². The fourth-order valence-electron chi connectivity index (χ4n) is 1.72. The number of aromatic nitrogens is 1. The molecule has 112 valence electrons. The third-order valence-electron chi connectivity index (χ3n) is 2.73. The molecular weight excluding hydrogens is 335 g/mol. The molecule has 0 spiro atoms. The average molecular weight is 353 g/mol. The zero-order chi connectivity index (χ0) is 15.5. The molecule has 0 aliphatic carbocycles. The lowest BCUT2D eigenvalue weighted by atomic mass is 10.1. The van der Waals surface area contributed by atoms with Crippen LogP contribution in [0.15, 0.2) is 41.1 Å². The van der Waals surface area contributed by atoms with Gasteiger partial charge < -0.3 is 10.1 Å². The summed E-state index contributed by atoms with van der Waals surface area (Å²) in [5, 5.41) is 3.38. The Morgan fingerprint density at radius 2 is 2.05 bits per heavy atom. The summed E-state index contributed by atoms with van der Waals surface area (Å²) in [5.41, 5.74) is 0.919. The van der Waals surface area contributed by atoms with Crippen LogP contribution in [-0.4, -0.2) is 10.5 Å². The van der Waals surface area contributed by atoms with Gasteiger partial charge in [0.2, 0.25) is 0 Å². The van der Waals surface area contributed by atoms with E-state index < -0.39 is 0 Å². The second kappa shape index (κ2) is 6.54. The number of pyridine rings is 1. The van der Waals surface area contributed by atoms with Gasteiger partial charge in [-0.15, -0.1) is 0 Å². The van der Waals surface area contributed by atoms with Crippen LogP contribution in [0.1, 0.15) is 26.3 Å². The highest BCUT2D eigenvalue weighted by molar-refractivity contribution is 9.10. The van der Waals surface area contributed by atoms with Crippen molar-refractivity contribution >= 4 is 15.9 Å². The van der Waals surface area contributed by atoms with Crippen molar-refractivity contribution < 1.29 is 9.13 Å². The maximum atomic E-state index is 13.4. The molecule has 1 aromatic heterocycles. The number of nitrogens with zero attached hydrogens (tertiary/aromatic N) is 1. The third-order valence-corrected chi connectivity index (χ3v) is 3.19. The zero-order valence-electron chi connectivity index (χ0n) is 12.3. The Kier molecular flexibility index (Phi) is 4.96. The molecule has 0 fully saturated rings. The lowest BCUT2D eigenvalue weighted by Gasteiger charge is -2.21. The molecule has 0 bridgehead atoms. The zero-order valence-corrected chi connectivity index (χ0v) is 13.9. The first-order valence-electron chi connectivity index (χ1n) is 6.65. The fraction of sp³-hybridized carbons (Fsp3) is 0.312. The van der Waals surface area contributed by atoms with Crippen molar-refractivity contribution in [2.24, 2.45) is 0 Å². The summed E-state index contributed by atoms with van der Waals surface area (Å²) in [4.78, 5) is 4.12. The highest BCUT2D eigenvalue weighted by Gasteiger charge is 2.12. The van der Waals surface area contributed by atoms with Gasteiger partial charge in [-0.1, -0.05) is 15.9 Å². The second-order valence-corrected chi connectivity index (χ2v) is 6.71. The van der Waals surface area contributed by atoms with Gasteiger partial charge in [0.05, 0.1) is 0 Å². The lowest BCUT2D eigenvalue weighted by molar-refractivity contribution is 0.413. The highest BCUT2D eigenvalue weighted by atomic mass is 79.9. The quantitative estimate of drug-likeness (QED) is 0.868. The van der Waals surface area contributed by atoms with Crippen LogP contribution in [0, 0.1) is 5.82 Å². The molecule has 0 unspecified atom stereocenters. The Labute approximate surface area is 132 Å². The average Bonchev–Trinajstić information content (AvgIpc) is 2.35. The Morgan fingerprint density at radius 3 is 2.71 bits per heavy atom. The molecule has 0 saturated heterocycles. The van der Waals surface area contributed by atoms with Crippen LogP contribution in [0.25, 0.3) is 0 Å². The van der Waals surface area contributed by atoms with E-state index in [9.17, 15) is 4.39 Å². The number of hydrogen-bond donors (Lipinski definition) is 1. The van der Waals surface area contributed by atoms with Crippen molar-refractivity contribution in [3.05, 3.63) is 52.5 Å². The monoisotopic (exact) mass is 352 g/mol. The molecule has 1 aromatic carbocycles. The number of hydrogen-bond acceptors (Lipinski definition) is 3. The van der Waals surface area contributed by atoms with Crippen LogP contribution in [-0.2, 0) is 6.54 Å². The minimum absolute atomic E-state index is 0.00497. The number of benzene rings is 1. The first-order chi connectivity index (χ1) is 9.83. The van der Waals surface area contributed by atoms with Gasteiger partial charge in [-0.2, -0.15) is 0 Å². The van der Waals surface area contributed by atoms with Crippen molar-refractivity contribution in [1.29, 1.82) is 0 Å². The molecular formula is C16H18BrFN2O. The van der Waals surface area contributed by atoms with Crippen LogP contribution in [0.4, 0.5) is 4.39 Å². The van der Waals surface area contributed by atoms with Crippen LogP contribution in [0.2, 0.25) is 0 Å². The molecule has 2 aromatic rings. The van der Waals surface area contributed by atoms with Crippen molar-refractivity contribution in [3.8, 4) is 11.5 Å². The molecule has 3 nitrogen and oxygen atoms in total. The summed E-state index contributed by atoms with van der Waals surface area (Å²) in [6.07, 6.45) is 3.41. The van der Waals surface area contributed by atoms with E-state index >= 15 is 0 Å². The largest absolute Gasteiger partial charge is 0.457 e. The van der Waals surface area contributed by atoms with Crippen LogP contribution in [0.3, 0.4) is 0 Å². The minimum Gasteiger partial charge on any atom is -0.457 e. The summed E-state index contributed by atoms with van der Waals surface area (Å²) in [7, 11) is 0. The Bertz CT molecular complexity index is 606. The normalized spacial score (nSPS) is 11.5. The van der Waals surface area contributed by atoms with Gasteiger partial charge in [0.25, 0.3) is 0 Å². The lowest BCUT2D eigenvalue weighted by Crippen LogP contribution is -2.35. The molecule has 5 heteroatoms. The Hall–Kier alpha value is -1.46. The predicted molar refractivity (Wildman–Crippen MR) is 85.0 cm³/mol. The fourth-order valence-corrected chi connectivity index (χ4v) is 2.17. The van der Waals surface area contributed by atoms with E-state index in [2.05, 4.69) is 47.0 Å². The predicted octanol–water partition coefficient (Wildman–Crippen LogP) is 4.66. The van der Waals surface area contributed by atoms with E-state index in [1.165, 1.54) is 12.1 Å². The second-order valence-electron chi connectivity index (χ2n) is 5.79. The standard InChI is InChI=1S/C16H18BrFN2O/c1-16(2,3)20-10-11-9-19-5-4-15(11)21-14-7-12(17)6-13(18)8-14/h4-9,20H,10H2,1-3H3. The van der Waals surface area contributed by atoms with Gasteiger partial charge >= 0.3 is 0 Å². The van der Waals surface area contributed by atoms with Gasteiger partial charge in [-0.25, -0.2) is 4.39 Å². The molecule has 2 rings (SSSR count). The Balaban J connectivity index is 2.20.